The third kappa shape index (κ3) is 4.58. The van der Waals surface area contributed by atoms with E-state index in [1.54, 1.807) is 4.90 Å². The second-order valence-electron chi connectivity index (χ2n) is 6.16. The van der Waals surface area contributed by atoms with Gasteiger partial charge >= 0.3 is 0 Å². The molecule has 0 aromatic heterocycles. The van der Waals surface area contributed by atoms with Crippen molar-refractivity contribution in [2.75, 3.05) is 19.6 Å². The maximum absolute atomic E-state index is 13.0. The zero-order valence-corrected chi connectivity index (χ0v) is 13.9. The van der Waals surface area contributed by atoms with E-state index >= 15 is 0 Å². The van der Waals surface area contributed by atoms with Crippen molar-refractivity contribution < 1.29 is 14.0 Å². The summed E-state index contributed by atoms with van der Waals surface area (Å²) in [6, 6.07) is 5.62. The molecular weight excluding hydrogens is 307 g/mol. The quantitative estimate of drug-likeness (QED) is 0.843. The van der Waals surface area contributed by atoms with Crippen molar-refractivity contribution in [2.24, 2.45) is 11.8 Å². The molecule has 2 amide bonds. The molecule has 0 aliphatic carbocycles. The maximum Gasteiger partial charge on any atom is 0.253 e. The number of terminal acetylenes is 1. The standard InChI is InChI=1S/C19H23FN2O2/c1-3-10-21-18(23)12-16-9-11-22(13-14(16)4-2)19(24)15-5-7-17(20)8-6-15/h1,5-8,14,16H,4,9-13H2,2H3,(H,21,23). The number of carbonyl (C=O) groups is 2. The molecule has 24 heavy (non-hydrogen) atoms. The molecule has 1 saturated heterocycles. The number of carbonyl (C=O) groups excluding carboxylic acids is 2. The van der Waals surface area contributed by atoms with Crippen LogP contribution in [0.1, 0.15) is 36.5 Å². The molecule has 2 atom stereocenters. The molecule has 2 rings (SSSR count). The van der Waals surface area contributed by atoms with Gasteiger partial charge in [0.05, 0.1) is 6.54 Å². The minimum atomic E-state index is -0.352. The molecule has 0 bridgehead atoms. The van der Waals surface area contributed by atoms with Gasteiger partial charge in [0.25, 0.3) is 5.91 Å². The Morgan fingerprint density at radius 2 is 2.04 bits per heavy atom. The second-order valence-corrected chi connectivity index (χ2v) is 6.16. The molecule has 0 spiro atoms. The lowest BCUT2D eigenvalue weighted by Crippen LogP contribution is -2.44. The Kier molecular flexibility index (Phi) is 6.36. The zero-order valence-electron chi connectivity index (χ0n) is 13.9. The third-order valence-electron chi connectivity index (χ3n) is 4.63. The number of nitrogens with zero attached hydrogens (tertiary/aromatic N) is 1. The van der Waals surface area contributed by atoms with Crippen LogP contribution in [0.5, 0.6) is 0 Å². The van der Waals surface area contributed by atoms with Crippen LogP contribution < -0.4 is 5.32 Å². The summed E-state index contributed by atoms with van der Waals surface area (Å²) in [7, 11) is 0. The Morgan fingerprint density at radius 3 is 2.67 bits per heavy atom. The smallest absolute Gasteiger partial charge is 0.253 e. The molecular formula is C19H23FN2O2. The molecule has 1 aromatic carbocycles. The van der Waals surface area contributed by atoms with Crippen LogP contribution in [0.25, 0.3) is 0 Å². The Labute approximate surface area is 142 Å². The summed E-state index contributed by atoms with van der Waals surface area (Å²) in [6.45, 7) is 3.56. The van der Waals surface area contributed by atoms with Gasteiger partial charge in [-0.05, 0) is 42.5 Å². The lowest BCUT2D eigenvalue weighted by atomic mass is 9.81. The van der Waals surface area contributed by atoms with Crippen molar-refractivity contribution in [3.63, 3.8) is 0 Å². The van der Waals surface area contributed by atoms with Crippen LogP contribution in [0, 0.1) is 30.0 Å². The zero-order chi connectivity index (χ0) is 17.5. The Balaban J connectivity index is 1.96. The number of hydrogen-bond acceptors (Lipinski definition) is 2. The van der Waals surface area contributed by atoms with E-state index in [-0.39, 0.29) is 36.0 Å². The second kappa shape index (κ2) is 8.49. The summed E-state index contributed by atoms with van der Waals surface area (Å²) < 4.78 is 13.0. The molecule has 1 aromatic rings. The summed E-state index contributed by atoms with van der Waals surface area (Å²) in [5.74, 6) is 2.46. The van der Waals surface area contributed by atoms with Gasteiger partial charge in [-0.25, -0.2) is 4.39 Å². The first-order valence-electron chi connectivity index (χ1n) is 8.30. The maximum atomic E-state index is 13.0. The van der Waals surface area contributed by atoms with E-state index in [4.69, 9.17) is 6.42 Å². The van der Waals surface area contributed by atoms with E-state index in [2.05, 4.69) is 18.2 Å². The van der Waals surface area contributed by atoms with Crippen LogP contribution in [0.15, 0.2) is 24.3 Å². The van der Waals surface area contributed by atoms with Crippen molar-refractivity contribution in [3.05, 3.63) is 35.6 Å². The summed E-state index contributed by atoms with van der Waals surface area (Å²) in [6.07, 6.45) is 7.28. The Morgan fingerprint density at radius 1 is 1.33 bits per heavy atom. The van der Waals surface area contributed by atoms with Gasteiger partial charge < -0.3 is 10.2 Å². The van der Waals surface area contributed by atoms with Gasteiger partial charge in [0.1, 0.15) is 5.82 Å². The van der Waals surface area contributed by atoms with E-state index in [1.807, 2.05) is 0 Å². The fourth-order valence-electron chi connectivity index (χ4n) is 3.23. The SMILES string of the molecule is C#CCNC(=O)CC1CCN(C(=O)c2ccc(F)cc2)CC1CC. The predicted molar refractivity (Wildman–Crippen MR) is 90.7 cm³/mol. The van der Waals surface area contributed by atoms with Crippen LogP contribution in [0.2, 0.25) is 0 Å². The van der Waals surface area contributed by atoms with Crippen molar-refractivity contribution in [3.8, 4) is 12.3 Å². The van der Waals surface area contributed by atoms with Gasteiger partial charge in [0.2, 0.25) is 5.91 Å². The van der Waals surface area contributed by atoms with Crippen molar-refractivity contribution in [1.82, 2.24) is 10.2 Å². The van der Waals surface area contributed by atoms with Crippen LogP contribution in [-0.2, 0) is 4.79 Å². The third-order valence-corrected chi connectivity index (χ3v) is 4.63. The van der Waals surface area contributed by atoms with Crippen LogP contribution in [-0.4, -0.2) is 36.3 Å². The number of amides is 2. The van der Waals surface area contributed by atoms with Crippen LogP contribution >= 0.6 is 0 Å². The minimum absolute atomic E-state index is 0.0327. The molecule has 1 aliphatic rings. The normalized spacial score (nSPS) is 20.3. The Bertz CT molecular complexity index is 621. The number of rotatable bonds is 5. The van der Waals surface area contributed by atoms with E-state index in [9.17, 15) is 14.0 Å². The molecule has 1 N–H and O–H groups in total. The molecule has 5 heteroatoms. The largest absolute Gasteiger partial charge is 0.345 e. The highest BCUT2D eigenvalue weighted by Crippen LogP contribution is 2.29. The first-order chi connectivity index (χ1) is 11.5. The number of piperidine rings is 1. The molecule has 0 saturated carbocycles. The van der Waals surface area contributed by atoms with Gasteiger partial charge in [-0.1, -0.05) is 19.3 Å². The highest BCUT2D eigenvalue weighted by molar-refractivity contribution is 5.94. The number of hydrogen-bond donors (Lipinski definition) is 1. The first kappa shape index (κ1) is 18.0. The highest BCUT2D eigenvalue weighted by atomic mass is 19.1. The van der Waals surface area contributed by atoms with Crippen LogP contribution in [0.4, 0.5) is 4.39 Å². The number of benzene rings is 1. The molecule has 1 aliphatic heterocycles. The summed E-state index contributed by atoms with van der Waals surface area (Å²) in [5.41, 5.74) is 0.497. The highest BCUT2D eigenvalue weighted by Gasteiger charge is 2.31. The van der Waals surface area contributed by atoms with E-state index < -0.39 is 0 Å². The topological polar surface area (TPSA) is 49.4 Å². The van der Waals surface area contributed by atoms with Gasteiger partial charge in [0.15, 0.2) is 0 Å². The molecule has 2 unspecified atom stereocenters. The van der Waals surface area contributed by atoms with Crippen molar-refractivity contribution in [1.29, 1.82) is 0 Å². The molecule has 0 radical (unpaired) electrons. The van der Waals surface area contributed by atoms with Gasteiger partial charge in [-0.2, -0.15) is 0 Å². The molecule has 1 fully saturated rings. The van der Waals surface area contributed by atoms with Crippen LogP contribution in [0.3, 0.4) is 0 Å². The van der Waals surface area contributed by atoms with E-state index in [0.29, 0.717) is 25.1 Å². The fourth-order valence-corrected chi connectivity index (χ4v) is 3.23. The first-order valence-corrected chi connectivity index (χ1v) is 8.30. The summed E-state index contributed by atoms with van der Waals surface area (Å²) in [4.78, 5) is 26.2. The number of likely N-dealkylation sites (tertiary alicyclic amines) is 1. The summed E-state index contributed by atoms with van der Waals surface area (Å²) >= 11 is 0. The van der Waals surface area contributed by atoms with Crippen molar-refractivity contribution >= 4 is 11.8 Å². The predicted octanol–water partition coefficient (Wildman–Crippen LogP) is 2.45. The average Bonchev–Trinajstić information content (AvgIpc) is 2.60. The minimum Gasteiger partial charge on any atom is -0.345 e. The van der Waals surface area contributed by atoms with Crippen molar-refractivity contribution in [2.45, 2.75) is 26.2 Å². The number of nitrogens with one attached hydrogen (secondary N) is 1. The molecule has 4 nitrogen and oxygen atoms in total. The molecule has 1 heterocycles. The van der Waals surface area contributed by atoms with Gasteiger partial charge in [-0.15, -0.1) is 6.42 Å². The fraction of sp³-hybridized carbons (Fsp3) is 0.474. The number of halogens is 1. The average molecular weight is 330 g/mol. The lowest BCUT2D eigenvalue weighted by molar-refractivity contribution is -0.122. The lowest BCUT2D eigenvalue weighted by Gasteiger charge is -2.38. The monoisotopic (exact) mass is 330 g/mol. The Hall–Kier alpha value is -2.35. The van der Waals surface area contributed by atoms with Gasteiger partial charge in [0, 0.05) is 25.1 Å². The van der Waals surface area contributed by atoms with E-state index in [0.717, 1.165) is 12.8 Å². The van der Waals surface area contributed by atoms with E-state index in [1.165, 1.54) is 24.3 Å². The molecule has 128 valence electrons. The van der Waals surface area contributed by atoms with Gasteiger partial charge in [-0.3, -0.25) is 9.59 Å². The summed E-state index contributed by atoms with van der Waals surface area (Å²) in [5, 5.41) is 2.70.